The smallest absolute Gasteiger partial charge is 0.394 e. The van der Waals surface area contributed by atoms with E-state index in [4.69, 9.17) is 0 Å². The zero-order chi connectivity index (χ0) is 19.3. The van der Waals surface area contributed by atoms with Crippen LogP contribution in [0.4, 0.5) is 18.0 Å². The maximum Gasteiger partial charge on any atom is 0.416 e. The van der Waals surface area contributed by atoms with Crippen LogP contribution in [0, 0.1) is 0 Å². The normalized spacial score (nSPS) is 17.8. The molecule has 1 aliphatic rings. The molecule has 0 aliphatic carbocycles. The van der Waals surface area contributed by atoms with E-state index < -0.39 is 48.3 Å². The Balaban J connectivity index is 1.86. The summed E-state index contributed by atoms with van der Waals surface area (Å²) in [6.07, 6.45) is -4.45. The van der Waals surface area contributed by atoms with E-state index in [1.54, 1.807) is 0 Å². The second-order valence-electron chi connectivity index (χ2n) is 5.56. The lowest BCUT2D eigenvalue weighted by Gasteiger charge is -2.18. The van der Waals surface area contributed by atoms with Crippen LogP contribution in [0.15, 0.2) is 24.3 Å². The molecule has 0 aromatic heterocycles. The molecule has 0 radical (unpaired) electrons. The first kappa shape index (κ1) is 19.5. The summed E-state index contributed by atoms with van der Waals surface area (Å²) in [7, 11) is 0. The van der Waals surface area contributed by atoms with Gasteiger partial charge in [0.1, 0.15) is 12.1 Å². The van der Waals surface area contributed by atoms with Gasteiger partial charge in [-0.3, -0.25) is 9.59 Å². The van der Waals surface area contributed by atoms with Gasteiger partial charge in [0.15, 0.2) is 0 Å². The zero-order valence-corrected chi connectivity index (χ0v) is 13.4. The number of aliphatic hydroxyl groups excluding tert-OH is 1. The molecule has 1 aromatic rings. The molecule has 142 valence electrons. The van der Waals surface area contributed by atoms with Gasteiger partial charge >= 0.3 is 12.2 Å². The van der Waals surface area contributed by atoms with Crippen molar-refractivity contribution in [2.75, 3.05) is 13.2 Å². The van der Waals surface area contributed by atoms with Crippen molar-refractivity contribution >= 4 is 17.8 Å². The van der Waals surface area contributed by atoms with E-state index in [1.807, 2.05) is 0 Å². The fourth-order valence-electron chi connectivity index (χ4n) is 2.20. The molecular weight excluding hydrogens is 357 g/mol. The van der Waals surface area contributed by atoms with Crippen LogP contribution in [0.1, 0.15) is 11.1 Å². The Morgan fingerprint density at radius 3 is 2.42 bits per heavy atom. The van der Waals surface area contributed by atoms with Gasteiger partial charge in [-0.1, -0.05) is 12.1 Å². The summed E-state index contributed by atoms with van der Waals surface area (Å²) >= 11 is 0. The number of alkyl halides is 3. The van der Waals surface area contributed by atoms with Gasteiger partial charge in [-0.05, 0) is 17.7 Å². The molecule has 0 spiro atoms. The number of urea groups is 1. The van der Waals surface area contributed by atoms with E-state index in [2.05, 4.69) is 21.3 Å². The van der Waals surface area contributed by atoms with Gasteiger partial charge in [-0.25, -0.2) is 4.79 Å². The van der Waals surface area contributed by atoms with Gasteiger partial charge in [0.05, 0.1) is 12.2 Å². The maximum atomic E-state index is 12.5. The minimum Gasteiger partial charge on any atom is -0.394 e. The summed E-state index contributed by atoms with van der Waals surface area (Å²) in [4.78, 5) is 34.9. The lowest BCUT2D eigenvalue weighted by molar-refractivity contribution is -0.137. The number of amides is 4. The fraction of sp³-hybridized carbons (Fsp3) is 0.400. The number of hydrogen-bond acceptors (Lipinski definition) is 4. The maximum absolute atomic E-state index is 12.5. The van der Waals surface area contributed by atoms with Crippen molar-refractivity contribution in [2.45, 2.75) is 24.8 Å². The molecule has 2 rings (SSSR count). The molecule has 8 nitrogen and oxygen atoms in total. The van der Waals surface area contributed by atoms with E-state index in [0.29, 0.717) is 5.56 Å². The molecular formula is C15H17F3N4O4. The minimum atomic E-state index is -4.45. The van der Waals surface area contributed by atoms with Crippen LogP contribution >= 0.6 is 0 Å². The van der Waals surface area contributed by atoms with E-state index in [1.165, 1.54) is 12.1 Å². The number of halogens is 3. The van der Waals surface area contributed by atoms with Gasteiger partial charge in [0.25, 0.3) is 0 Å². The Morgan fingerprint density at radius 1 is 1.27 bits per heavy atom. The predicted octanol–water partition coefficient (Wildman–Crippen LogP) is -0.520. The van der Waals surface area contributed by atoms with E-state index in [-0.39, 0.29) is 13.1 Å². The van der Waals surface area contributed by atoms with Crippen molar-refractivity contribution in [1.82, 2.24) is 21.3 Å². The van der Waals surface area contributed by atoms with Gasteiger partial charge in [0.2, 0.25) is 11.8 Å². The standard InChI is InChI=1S/C15H17F3N4O4/c16-15(17,18)9-3-1-8(2-4-9)5-19-12(24)11(7-23)21-13(25)10-6-20-14(26)22-10/h1-4,10-11,23H,5-7H2,(H,19,24)(H,21,25)(H2,20,22,26). The summed E-state index contributed by atoms with van der Waals surface area (Å²) in [6.45, 7) is -0.709. The zero-order valence-electron chi connectivity index (χ0n) is 13.4. The second-order valence-corrected chi connectivity index (χ2v) is 5.56. The van der Waals surface area contributed by atoms with E-state index in [0.717, 1.165) is 12.1 Å². The molecule has 1 aliphatic heterocycles. The number of carbonyl (C=O) groups excluding carboxylic acids is 3. The first-order valence-corrected chi connectivity index (χ1v) is 7.60. The Bertz CT molecular complexity index is 678. The molecule has 5 N–H and O–H groups in total. The minimum absolute atomic E-state index is 0.0516. The highest BCUT2D eigenvalue weighted by Crippen LogP contribution is 2.29. The van der Waals surface area contributed by atoms with Gasteiger partial charge in [-0.2, -0.15) is 13.2 Å². The van der Waals surface area contributed by atoms with Gasteiger partial charge < -0.3 is 26.4 Å². The Kier molecular flexibility index (Phi) is 6.03. The predicted molar refractivity (Wildman–Crippen MR) is 82.6 cm³/mol. The summed E-state index contributed by atoms with van der Waals surface area (Å²) in [5, 5.41) is 18.7. The second kappa shape index (κ2) is 8.04. The van der Waals surface area contributed by atoms with Crippen molar-refractivity contribution in [3.05, 3.63) is 35.4 Å². The summed E-state index contributed by atoms with van der Waals surface area (Å²) in [6, 6.07) is 1.58. The van der Waals surface area contributed by atoms with Crippen molar-refractivity contribution in [1.29, 1.82) is 0 Å². The molecule has 1 saturated heterocycles. The third kappa shape index (κ3) is 5.09. The number of aliphatic hydroxyl groups is 1. The van der Waals surface area contributed by atoms with Crippen LogP contribution in [-0.2, 0) is 22.3 Å². The summed E-state index contributed by atoms with van der Waals surface area (Å²) in [5.74, 6) is -1.36. The quantitative estimate of drug-likeness (QED) is 0.460. The molecule has 26 heavy (non-hydrogen) atoms. The van der Waals surface area contributed by atoms with Crippen LogP contribution in [0.5, 0.6) is 0 Å². The SMILES string of the molecule is O=C1NCC(C(=O)NC(CO)C(=O)NCc2ccc(C(F)(F)F)cc2)N1. The van der Waals surface area contributed by atoms with Crippen molar-refractivity contribution in [3.8, 4) is 0 Å². The van der Waals surface area contributed by atoms with Gasteiger partial charge in [-0.15, -0.1) is 0 Å². The van der Waals surface area contributed by atoms with E-state index >= 15 is 0 Å². The molecule has 1 fully saturated rings. The lowest BCUT2D eigenvalue weighted by Crippen LogP contribution is -2.53. The Hall–Kier alpha value is -2.82. The summed E-state index contributed by atoms with van der Waals surface area (Å²) < 4.78 is 37.5. The van der Waals surface area contributed by atoms with Crippen molar-refractivity contribution < 1.29 is 32.7 Å². The largest absolute Gasteiger partial charge is 0.416 e. The highest BCUT2D eigenvalue weighted by molar-refractivity contribution is 5.93. The van der Waals surface area contributed by atoms with Crippen molar-refractivity contribution in [3.63, 3.8) is 0 Å². The van der Waals surface area contributed by atoms with Crippen LogP contribution in [0.25, 0.3) is 0 Å². The third-order valence-corrected chi connectivity index (χ3v) is 3.65. The molecule has 1 heterocycles. The van der Waals surface area contributed by atoms with Crippen LogP contribution in [-0.4, -0.2) is 48.2 Å². The number of hydrogen-bond donors (Lipinski definition) is 5. The number of benzene rings is 1. The molecule has 2 unspecified atom stereocenters. The Labute approximate surface area is 146 Å². The number of carbonyl (C=O) groups is 3. The van der Waals surface area contributed by atoms with E-state index in [9.17, 15) is 32.7 Å². The third-order valence-electron chi connectivity index (χ3n) is 3.65. The Morgan fingerprint density at radius 2 is 1.92 bits per heavy atom. The first-order valence-electron chi connectivity index (χ1n) is 7.60. The van der Waals surface area contributed by atoms with Gasteiger partial charge in [0, 0.05) is 13.1 Å². The molecule has 0 saturated carbocycles. The molecule has 1 aromatic carbocycles. The number of nitrogens with one attached hydrogen (secondary N) is 4. The highest BCUT2D eigenvalue weighted by atomic mass is 19.4. The summed E-state index contributed by atoms with van der Waals surface area (Å²) in [5.41, 5.74) is -0.387. The number of rotatable bonds is 6. The van der Waals surface area contributed by atoms with Crippen LogP contribution in [0.2, 0.25) is 0 Å². The molecule has 0 bridgehead atoms. The first-order chi connectivity index (χ1) is 12.2. The topological polar surface area (TPSA) is 120 Å². The monoisotopic (exact) mass is 374 g/mol. The molecule has 11 heteroatoms. The highest BCUT2D eigenvalue weighted by Gasteiger charge is 2.31. The average molecular weight is 374 g/mol. The molecule has 4 amide bonds. The fourth-order valence-corrected chi connectivity index (χ4v) is 2.20. The van der Waals surface area contributed by atoms with Crippen molar-refractivity contribution in [2.24, 2.45) is 0 Å². The van der Waals surface area contributed by atoms with Crippen LogP contribution < -0.4 is 21.3 Å². The average Bonchev–Trinajstić information content (AvgIpc) is 3.03. The molecule has 2 atom stereocenters. The lowest BCUT2D eigenvalue weighted by atomic mass is 10.1. The van der Waals surface area contributed by atoms with Crippen LogP contribution in [0.3, 0.4) is 0 Å².